The second kappa shape index (κ2) is 3.81. The molecule has 5 nitrogen and oxygen atoms in total. The van der Waals surface area contributed by atoms with Crippen molar-refractivity contribution in [2.75, 3.05) is 11.4 Å². The topological polar surface area (TPSA) is 47.4 Å². The van der Waals surface area contributed by atoms with Crippen molar-refractivity contribution in [3.63, 3.8) is 0 Å². The van der Waals surface area contributed by atoms with Crippen LogP contribution in [0.1, 0.15) is 27.2 Å². The van der Waals surface area contributed by atoms with E-state index in [2.05, 4.69) is 5.10 Å². The normalized spacial score (nSPS) is 15.8. The molecule has 2 rings (SSSR count). The summed E-state index contributed by atoms with van der Waals surface area (Å²) >= 11 is 0. The summed E-state index contributed by atoms with van der Waals surface area (Å²) in [6, 6.07) is 1.84. The van der Waals surface area contributed by atoms with Crippen molar-refractivity contribution in [1.82, 2.24) is 9.78 Å². The first kappa shape index (κ1) is 11.0. The Morgan fingerprint density at radius 3 is 2.88 bits per heavy atom. The average molecular weight is 223 g/mol. The van der Waals surface area contributed by atoms with Gasteiger partial charge in [-0.2, -0.15) is 5.10 Å². The molecule has 1 aromatic heterocycles. The van der Waals surface area contributed by atoms with Gasteiger partial charge < -0.3 is 4.74 Å². The van der Waals surface area contributed by atoms with Crippen LogP contribution in [0.5, 0.6) is 0 Å². The smallest absolute Gasteiger partial charge is 0.415 e. The molecule has 0 saturated carbocycles. The predicted molar refractivity (Wildman–Crippen MR) is 60.4 cm³/mol. The predicted octanol–water partition coefficient (Wildman–Crippen LogP) is 2.03. The number of anilines is 1. The van der Waals surface area contributed by atoms with E-state index in [0.29, 0.717) is 6.54 Å². The number of ether oxygens (including phenoxy) is 1. The van der Waals surface area contributed by atoms with Gasteiger partial charge in [0.05, 0.1) is 6.20 Å². The van der Waals surface area contributed by atoms with E-state index in [4.69, 9.17) is 4.74 Å². The molecule has 1 aliphatic heterocycles. The summed E-state index contributed by atoms with van der Waals surface area (Å²) in [5.74, 6) is 0.820. The number of carbonyl (C=O) groups is 1. The number of nitrogens with zero attached hydrogens (tertiary/aromatic N) is 3. The number of aromatic nitrogens is 2. The van der Waals surface area contributed by atoms with Crippen LogP contribution in [-0.2, 0) is 11.3 Å². The first-order valence-corrected chi connectivity index (χ1v) is 5.50. The fraction of sp³-hybridized carbons (Fsp3) is 0.636. The van der Waals surface area contributed by atoms with Crippen molar-refractivity contribution in [3.8, 4) is 0 Å². The Morgan fingerprint density at radius 2 is 2.19 bits per heavy atom. The molecular formula is C11H17N3O2. The Kier molecular flexibility index (Phi) is 2.61. The fourth-order valence-corrected chi connectivity index (χ4v) is 1.72. The third-order valence-corrected chi connectivity index (χ3v) is 2.34. The van der Waals surface area contributed by atoms with Gasteiger partial charge in [-0.05, 0) is 27.2 Å². The van der Waals surface area contributed by atoms with Gasteiger partial charge >= 0.3 is 6.09 Å². The molecular weight excluding hydrogens is 206 g/mol. The number of aryl methyl sites for hydroxylation is 1. The van der Waals surface area contributed by atoms with E-state index in [0.717, 1.165) is 18.8 Å². The first-order valence-electron chi connectivity index (χ1n) is 5.50. The maximum atomic E-state index is 11.9. The molecule has 0 aromatic carbocycles. The summed E-state index contributed by atoms with van der Waals surface area (Å²) in [6.45, 7) is 7.16. The molecule has 0 N–H and O–H groups in total. The average Bonchev–Trinajstić information content (AvgIpc) is 2.61. The van der Waals surface area contributed by atoms with E-state index in [1.54, 1.807) is 11.1 Å². The Bertz CT molecular complexity index is 392. The molecule has 0 atom stereocenters. The van der Waals surface area contributed by atoms with Crippen LogP contribution < -0.4 is 4.90 Å². The standard InChI is InChI=1S/C11H17N3O2/c1-11(2,3)16-10(15)13-7-4-8-14-9(13)5-6-12-14/h5-6H,4,7-8H2,1-3H3. The van der Waals surface area contributed by atoms with Crippen molar-refractivity contribution in [1.29, 1.82) is 0 Å². The highest BCUT2D eigenvalue weighted by Crippen LogP contribution is 2.21. The molecule has 88 valence electrons. The molecule has 0 radical (unpaired) electrons. The third-order valence-electron chi connectivity index (χ3n) is 2.34. The lowest BCUT2D eigenvalue weighted by Gasteiger charge is -2.30. The van der Waals surface area contributed by atoms with Crippen LogP contribution in [-0.4, -0.2) is 28.0 Å². The van der Waals surface area contributed by atoms with Crippen molar-refractivity contribution in [3.05, 3.63) is 12.3 Å². The highest BCUT2D eigenvalue weighted by molar-refractivity contribution is 5.86. The summed E-state index contributed by atoms with van der Waals surface area (Å²) in [4.78, 5) is 13.6. The molecule has 0 fully saturated rings. The van der Waals surface area contributed by atoms with E-state index in [9.17, 15) is 4.79 Å². The maximum Gasteiger partial charge on any atom is 0.415 e. The van der Waals surface area contributed by atoms with Gasteiger partial charge in [-0.3, -0.25) is 4.90 Å². The summed E-state index contributed by atoms with van der Waals surface area (Å²) in [7, 11) is 0. The van der Waals surface area contributed by atoms with Gasteiger partial charge in [-0.25, -0.2) is 9.48 Å². The van der Waals surface area contributed by atoms with E-state index in [-0.39, 0.29) is 6.09 Å². The van der Waals surface area contributed by atoms with Crippen LogP contribution in [0.15, 0.2) is 12.3 Å². The van der Waals surface area contributed by atoms with Gasteiger partial charge in [0, 0.05) is 19.2 Å². The van der Waals surface area contributed by atoms with Crippen LogP contribution in [0.2, 0.25) is 0 Å². The van der Waals surface area contributed by atoms with E-state index in [1.165, 1.54) is 0 Å². The second-order valence-electron chi connectivity index (χ2n) is 4.90. The molecule has 0 spiro atoms. The molecule has 1 aromatic rings. The number of rotatable bonds is 0. The molecule has 0 bridgehead atoms. The lowest BCUT2D eigenvalue weighted by Crippen LogP contribution is -2.41. The minimum absolute atomic E-state index is 0.297. The lowest BCUT2D eigenvalue weighted by atomic mass is 10.2. The van der Waals surface area contributed by atoms with E-state index >= 15 is 0 Å². The molecule has 1 aliphatic rings. The number of hydrogen-bond donors (Lipinski definition) is 0. The lowest BCUT2D eigenvalue weighted by molar-refractivity contribution is 0.0572. The molecule has 2 heterocycles. The highest BCUT2D eigenvalue weighted by Gasteiger charge is 2.27. The summed E-state index contributed by atoms with van der Waals surface area (Å²) in [6.07, 6.45) is 2.32. The maximum absolute atomic E-state index is 11.9. The minimum Gasteiger partial charge on any atom is -0.443 e. The van der Waals surface area contributed by atoms with Crippen molar-refractivity contribution < 1.29 is 9.53 Å². The minimum atomic E-state index is -0.459. The van der Waals surface area contributed by atoms with Crippen LogP contribution in [0.25, 0.3) is 0 Å². The monoisotopic (exact) mass is 223 g/mol. The van der Waals surface area contributed by atoms with Gasteiger partial charge in [0.25, 0.3) is 0 Å². The quantitative estimate of drug-likeness (QED) is 0.676. The zero-order chi connectivity index (χ0) is 11.8. The molecule has 5 heteroatoms. The van der Waals surface area contributed by atoms with Crippen molar-refractivity contribution >= 4 is 11.9 Å². The SMILES string of the molecule is CC(C)(C)OC(=O)N1CCCn2nccc21. The van der Waals surface area contributed by atoms with Gasteiger partial charge in [0.1, 0.15) is 11.4 Å². The summed E-state index contributed by atoms with van der Waals surface area (Å²) < 4.78 is 7.18. The van der Waals surface area contributed by atoms with E-state index < -0.39 is 5.60 Å². The number of amides is 1. The molecule has 16 heavy (non-hydrogen) atoms. The van der Waals surface area contributed by atoms with Gasteiger partial charge in [-0.1, -0.05) is 0 Å². The molecule has 0 aliphatic carbocycles. The Morgan fingerprint density at radius 1 is 1.44 bits per heavy atom. The number of carbonyl (C=O) groups excluding carboxylic acids is 1. The Balaban J connectivity index is 2.15. The highest BCUT2D eigenvalue weighted by atomic mass is 16.6. The van der Waals surface area contributed by atoms with Crippen LogP contribution in [0, 0.1) is 0 Å². The molecule has 0 saturated heterocycles. The Labute approximate surface area is 95.0 Å². The van der Waals surface area contributed by atoms with Crippen molar-refractivity contribution in [2.24, 2.45) is 0 Å². The summed E-state index contributed by atoms with van der Waals surface area (Å²) in [5, 5.41) is 4.15. The van der Waals surface area contributed by atoms with Crippen LogP contribution >= 0.6 is 0 Å². The zero-order valence-corrected chi connectivity index (χ0v) is 9.93. The largest absolute Gasteiger partial charge is 0.443 e. The van der Waals surface area contributed by atoms with Crippen LogP contribution in [0.4, 0.5) is 10.6 Å². The van der Waals surface area contributed by atoms with Gasteiger partial charge in [0.15, 0.2) is 0 Å². The zero-order valence-electron chi connectivity index (χ0n) is 9.93. The van der Waals surface area contributed by atoms with Gasteiger partial charge in [0.2, 0.25) is 0 Å². The summed E-state index contributed by atoms with van der Waals surface area (Å²) in [5.41, 5.74) is -0.459. The second-order valence-corrected chi connectivity index (χ2v) is 4.90. The van der Waals surface area contributed by atoms with E-state index in [1.807, 2.05) is 31.5 Å². The van der Waals surface area contributed by atoms with Crippen molar-refractivity contribution in [2.45, 2.75) is 39.3 Å². The first-order chi connectivity index (χ1) is 7.47. The number of hydrogen-bond acceptors (Lipinski definition) is 3. The van der Waals surface area contributed by atoms with Gasteiger partial charge in [-0.15, -0.1) is 0 Å². The fourth-order valence-electron chi connectivity index (χ4n) is 1.72. The number of fused-ring (bicyclic) bond motifs is 1. The van der Waals surface area contributed by atoms with Crippen LogP contribution in [0.3, 0.4) is 0 Å². The molecule has 1 amide bonds. The molecule has 0 unspecified atom stereocenters. The Hall–Kier alpha value is -1.52. The third kappa shape index (κ3) is 2.18.